The molecule has 1 aromatic heterocycles. The highest BCUT2D eigenvalue weighted by molar-refractivity contribution is 5.95. The van der Waals surface area contributed by atoms with E-state index in [9.17, 15) is 24.0 Å². The molecule has 31 heavy (non-hydrogen) atoms. The zero-order valence-corrected chi connectivity index (χ0v) is 16.5. The van der Waals surface area contributed by atoms with E-state index in [-0.39, 0.29) is 6.42 Å². The molecule has 1 heterocycles. The van der Waals surface area contributed by atoms with E-state index in [1.807, 2.05) is 24.3 Å². The zero-order chi connectivity index (χ0) is 23.1. The Morgan fingerprint density at radius 2 is 1.52 bits per heavy atom. The fourth-order valence-corrected chi connectivity index (χ4v) is 2.99. The first-order valence-electron chi connectivity index (χ1n) is 9.29. The number of fused-ring (bicyclic) bond motifs is 1. The second kappa shape index (κ2) is 10.2. The Labute approximate surface area is 176 Å². The van der Waals surface area contributed by atoms with Gasteiger partial charge in [0.1, 0.15) is 12.1 Å². The number of carbonyl (C=O) groups is 5. The van der Waals surface area contributed by atoms with Crippen LogP contribution in [-0.4, -0.2) is 57.8 Å². The summed E-state index contributed by atoms with van der Waals surface area (Å²) in [6, 6.07) is 3.24. The number of aromatic nitrogens is 1. The van der Waals surface area contributed by atoms with E-state index >= 15 is 0 Å². The van der Waals surface area contributed by atoms with Gasteiger partial charge in [0.05, 0.1) is 18.9 Å². The van der Waals surface area contributed by atoms with Crippen LogP contribution in [0.15, 0.2) is 30.5 Å². The number of nitrogens with two attached hydrogens (primary N) is 3. The van der Waals surface area contributed by atoms with Crippen LogP contribution in [0.1, 0.15) is 18.4 Å². The molecule has 10 N–H and O–H groups in total. The minimum Gasteiger partial charge on any atom is -0.480 e. The van der Waals surface area contributed by atoms with Crippen LogP contribution in [0, 0.1) is 0 Å². The lowest BCUT2D eigenvalue weighted by atomic mass is 10.0. The number of nitrogens with one attached hydrogen (secondary N) is 3. The van der Waals surface area contributed by atoms with E-state index in [4.69, 9.17) is 22.3 Å². The van der Waals surface area contributed by atoms with Gasteiger partial charge in [-0.1, -0.05) is 18.2 Å². The van der Waals surface area contributed by atoms with Crippen molar-refractivity contribution < 1.29 is 29.1 Å². The number of primary amides is 2. The minimum absolute atomic E-state index is 0.139. The number of carboxylic acid groups (broad SMARTS) is 1. The van der Waals surface area contributed by atoms with E-state index in [0.29, 0.717) is 0 Å². The molecular formula is C19H24N6O6. The van der Waals surface area contributed by atoms with Crippen LogP contribution in [0.2, 0.25) is 0 Å². The highest BCUT2D eigenvalue weighted by Gasteiger charge is 2.30. The Bertz CT molecular complexity index is 1000. The molecule has 1 aromatic carbocycles. The molecule has 0 radical (unpaired) electrons. The summed E-state index contributed by atoms with van der Waals surface area (Å²) in [6.45, 7) is 0. The molecule has 12 nitrogen and oxygen atoms in total. The summed E-state index contributed by atoms with van der Waals surface area (Å²) in [4.78, 5) is 61.6. The molecule has 0 spiro atoms. The number of hydrogen-bond acceptors (Lipinski definition) is 6. The molecule has 0 aliphatic carbocycles. The average molecular weight is 432 g/mol. The van der Waals surface area contributed by atoms with Crippen LogP contribution in [0.5, 0.6) is 0 Å². The summed E-state index contributed by atoms with van der Waals surface area (Å²) < 4.78 is 0. The molecule has 0 bridgehead atoms. The van der Waals surface area contributed by atoms with Crippen molar-refractivity contribution in [3.8, 4) is 0 Å². The highest BCUT2D eigenvalue weighted by atomic mass is 16.4. The van der Waals surface area contributed by atoms with Gasteiger partial charge in [-0.15, -0.1) is 0 Å². The van der Waals surface area contributed by atoms with E-state index in [1.54, 1.807) is 6.20 Å². The number of carbonyl (C=O) groups excluding carboxylic acids is 4. The SMILES string of the molecule is NC(=O)CC(NC(=O)C(CC(N)=O)NC(=O)C(N)Cc1c[nH]c2ccccc12)C(=O)O. The van der Waals surface area contributed by atoms with E-state index in [1.165, 1.54) is 0 Å². The van der Waals surface area contributed by atoms with Crippen LogP contribution in [0.25, 0.3) is 10.9 Å². The maximum absolute atomic E-state index is 12.5. The standard InChI is InChI=1S/C19H24N6O6/c20-11(5-9-8-23-12-4-2-1-3-10(9)12)17(28)24-13(6-15(21)26)18(29)25-14(19(30)31)7-16(22)27/h1-4,8,11,13-14,23H,5-7,20H2,(H2,21,26)(H2,22,27)(H,24,28)(H,25,29)(H,30,31). The number of rotatable bonds is 11. The van der Waals surface area contributed by atoms with Crippen molar-refractivity contribution in [1.29, 1.82) is 0 Å². The van der Waals surface area contributed by atoms with Crippen LogP contribution in [0.4, 0.5) is 0 Å². The molecule has 3 unspecified atom stereocenters. The molecule has 0 aliphatic heterocycles. The number of carboxylic acids is 1. The number of amides is 4. The number of aromatic amines is 1. The monoisotopic (exact) mass is 432 g/mol. The first-order valence-corrected chi connectivity index (χ1v) is 9.29. The predicted molar refractivity (Wildman–Crippen MR) is 109 cm³/mol. The summed E-state index contributed by atoms with van der Waals surface area (Å²) >= 11 is 0. The van der Waals surface area contributed by atoms with Crippen molar-refractivity contribution in [2.24, 2.45) is 17.2 Å². The zero-order valence-electron chi connectivity index (χ0n) is 16.5. The van der Waals surface area contributed by atoms with Crippen LogP contribution >= 0.6 is 0 Å². The molecule has 2 aromatic rings. The lowest BCUT2D eigenvalue weighted by Gasteiger charge is -2.21. The molecule has 0 saturated heterocycles. The summed E-state index contributed by atoms with van der Waals surface area (Å²) in [5.41, 5.74) is 17.7. The van der Waals surface area contributed by atoms with E-state index < -0.39 is 60.6 Å². The maximum atomic E-state index is 12.5. The molecule has 166 valence electrons. The van der Waals surface area contributed by atoms with Crippen molar-refractivity contribution in [3.05, 3.63) is 36.0 Å². The third kappa shape index (κ3) is 6.54. The number of H-pyrrole nitrogens is 1. The summed E-state index contributed by atoms with van der Waals surface area (Å²) in [5.74, 6) is -5.13. The molecule has 0 fully saturated rings. The Balaban J connectivity index is 2.08. The summed E-state index contributed by atoms with van der Waals surface area (Å²) in [6.07, 6.45) is 0.589. The van der Waals surface area contributed by atoms with Gasteiger partial charge in [-0.2, -0.15) is 0 Å². The quantitative estimate of drug-likeness (QED) is 0.208. The number of benzene rings is 1. The maximum Gasteiger partial charge on any atom is 0.326 e. The van der Waals surface area contributed by atoms with Crippen LogP contribution in [-0.2, 0) is 30.4 Å². The third-order valence-corrected chi connectivity index (χ3v) is 4.51. The van der Waals surface area contributed by atoms with Gasteiger partial charge in [0.25, 0.3) is 0 Å². The van der Waals surface area contributed by atoms with Crippen molar-refractivity contribution in [1.82, 2.24) is 15.6 Å². The smallest absolute Gasteiger partial charge is 0.326 e. The van der Waals surface area contributed by atoms with Crippen LogP contribution in [0.3, 0.4) is 0 Å². The van der Waals surface area contributed by atoms with Gasteiger partial charge in [0.2, 0.25) is 23.6 Å². The number of para-hydroxylation sites is 1. The second-order valence-electron chi connectivity index (χ2n) is 6.97. The molecule has 2 rings (SSSR count). The Morgan fingerprint density at radius 3 is 2.13 bits per heavy atom. The Hall–Kier alpha value is -3.93. The van der Waals surface area contributed by atoms with Gasteiger partial charge in [-0.3, -0.25) is 19.2 Å². The first-order chi connectivity index (χ1) is 14.6. The summed E-state index contributed by atoms with van der Waals surface area (Å²) in [7, 11) is 0. The molecule has 3 atom stereocenters. The Morgan fingerprint density at radius 1 is 0.935 bits per heavy atom. The highest BCUT2D eigenvalue weighted by Crippen LogP contribution is 2.18. The predicted octanol–water partition coefficient (Wildman–Crippen LogP) is -2.16. The van der Waals surface area contributed by atoms with Gasteiger partial charge in [0.15, 0.2) is 0 Å². The summed E-state index contributed by atoms with van der Waals surface area (Å²) in [5, 5.41) is 14.4. The van der Waals surface area contributed by atoms with Crippen molar-refractivity contribution >= 4 is 40.5 Å². The van der Waals surface area contributed by atoms with E-state index in [2.05, 4.69) is 15.6 Å². The third-order valence-electron chi connectivity index (χ3n) is 4.51. The first kappa shape index (κ1) is 23.3. The van der Waals surface area contributed by atoms with Crippen molar-refractivity contribution in [2.75, 3.05) is 0 Å². The van der Waals surface area contributed by atoms with E-state index in [0.717, 1.165) is 16.5 Å². The lowest BCUT2D eigenvalue weighted by molar-refractivity contribution is -0.143. The fourth-order valence-electron chi connectivity index (χ4n) is 2.99. The van der Waals surface area contributed by atoms with Gasteiger partial charge >= 0.3 is 5.97 Å². The molecule has 4 amide bonds. The molecule has 12 heteroatoms. The normalized spacial score (nSPS) is 13.7. The van der Waals surface area contributed by atoms with Gasteiger partial charge in [-0.05, 0) is 18.1 Å². The molecular weight excluding hydrogens is 408 g/mol. The van der Waals surface area contributed by atoms with Gasteiger partial charge in [-0.25, -0.2) is 4.79 Å². The van der Waals surface area contributed by atoms with Crippen LogP contribution < -0.4 is 27.8 Å². The topological polar surface area (TPSA) is 223 Å². The second-order valence-corrected chi connectivity index (χ2v) is 6.97. The van der Waals surface area contributed by atoms with Crippen molar-refractivity contribution in [3.63, 3.8) is 0 Å². The van der Waals surface area contributed by atoms with Gasteiger partial charge in [0, 0.05) is 17.1 Å². The molecule has 0 aliphatic rings. The fraction of sp³-hybridized carbons (Fsp3) is 0.316. The minimum atomic E-state index is -1.63. The number of hydrogen-bond donors (Lipinski definition) is 7. The average Bonchev–Trinajstić information content (AvgIpc) is 3.09. The molecule has 0 saturated carbocycles. The Kier molecular flexibility index (Phi) is 7.69. The lowest BCUT2D eigenvalue weighted by Crippen LogP contribution is -2.56. The number of aliphatic carboxylic acids is 1. The van der Waals surface area contributed by atoms with Gasteiger partial charge < -0.3 is 37.9 Å². The largest absolute Gasteiger partial charge is 0.480 e. The van der Waals surface area contributed by atoms with Crippen molar-refractivity contribution in [2.45, 2.75) is 37.4 Å².